The molecule has 1 aliphatic heterocycles. The average Bonchev–Trinajstić information content (AvgIpc) is 2.55. The minimum atomic E-state index is -0.452. The van der Waals surface area contributed by atoms with Crippen LogP contribution in [0.2, 0.25) is 0 Å². The Morgan fingerprint density at radius 3 is 2.67 bits per heavy atom. The number of nitrogens with one attached hydrogen (secondary N) is 2. The topological polar surface area (TPSA) is 68.8 Å². The number of hydrogen-bond donors (Lipinski definition) is 2. The van der Waals surface area contributed by atoms with Crippen LogP contribution in [0.1, 0.15) is 25.5 Å². The fraction of sp³-hybridized carbons (Fsp3) is 0.375. The molecule has 130 valence electrons. The van der Waals surface area contributed by atoms with E-state index in [-0.39, 0.29) is 0 Å². The lowest BCUT2D eigenvalue weighted by atomic mass is 9.95. The number of esters is 1. The van der Waals surface area contributed by atoms with Crippen molar-refractivity contribution in [3.05, 3.63) is 33.4 Å². The zero-order valence-electron chi connectivity index (χ0n) is 13.9. The summed E-state index contributed by atoms with van der Waals surface area (Å²) in [6, 6.07) is 3.24. The maximum Gasteiger partial charge on any atom is 0.337 e. The van der Waals surface area contributed by atoms with E-state index >= 15 is 0 Å². The quantitative estimate of drug-likeness (QED) is 0.566. The number of carbonyl (C=O) groups is 1. The summed E-state index contributed by atoms with van der Waals surface area (Å²) in [5, 5.41) is 6.49. The Hall–Kier alpha value is -1.80. The van der Waals surface area contributed by atoms with E-state index in [1.54, 1.807) is 14.0 Å². The average molecular weight is 415 g/mol. The highest BCUT2D eigenvalue weighted by Crippen LogP contribution is 2.40. The van der Waals surface area contributed by atoms with Crippen LogP contribution in [0.5, 0.6) is 11.5 Å². The number of carbonyl (C=O) groups excluding carboxylic acids is 1. The van der Waals surface area contributed by atoms with Gasteiger partial charge in [0.25, 0.3) is 0 Å². The Kier molecular flexibility index (Phi) is 6.06. The third kappa shape index (κ3) is 3.64. The van der Waals surface area contributed by atoms with Gasteiger partial charge in [0.1, 0.15) is 0 Å². The molecule has 1 aliphatic rings. The molecule has 1 aromatic carbocycles. The van der Waals surface area contributed by atoms with Crippen molar-refractivity contribution in [3.63, 3.8) is 0 Å². The van der Waals surface area contributed by atoms with Crippen molar-refractivity contribution >= 4 is 39.2 Å². The van der Waals surface area contributed by atoms with E-state index in [0.29, 0.717) is 34.5 Å². The Balaban J connectivity index is 2.56. The van der Waals surface area contributed by atoms with Crippen LogP contribution in [-0.4, -0.2) is 31.9 Å². The number of benzene rings is 1. The van der Waals surface area contributed by atoms with E-state index in [1.165, 1.54) is 7.11 Å². The van der Waals surface area contributed by atoms with Crippen LogP contribution in [0.15, 0.2) is 27.9 Å². The maximum absolute atomic E-state index is 12.2. The van der Waals surface area contributed by atoms with Crippen molar-refractivity contribution in [1.82, 2.24) is 10.6 Å². The Bertz CT molecular complexity index is 706. The molecular weight excluding hydrogens is 396 g/mol. The zero-order chi connectivity index (χ0) is 17.9. The summed E-state index contributed by atoms with van der Waals surface area (Å²) in [7, 11) is 2.91. The smallest absolute Gasteiger partial charge is 0.337 e. The highest BCUT2D eigenvalue weighted by atomic mass is 79.9. The second kappa shape index (κ2) is 7.85. The molecule has 1 atom stereocenters. The number of rotatable bonds is 5. The van der Waals surface area contributed by atoms with E-state index in [2.05, 4.69) is 26.6 Å². The van der Waals surface area contributed by atoms with Gasteiger partial charge in [0.2, 0.25) is 0 Å². The fourth-order valence-corrected chi connectivity index (χ4v) is 3.36. The van der Waals surface area contributed by atoms with Crippen molar-refractivity contribution in [2.45, 2.75) is 19.9 Å². The minimum absolute atomic E-state index is 0.427. The third-order valence-corrected chi connectivity index (χ3v) is 4.36. The molecule has 2 N–H and O–H groups in total. The highest BCUT2D eigenvalue weighted by Gasteiger charge is 2.31. The predicted octanol–water partition coefficient (Wildman–Crippen LogP) is 2.82. The zero-order valence-corrected chi connectivity index (χ0v) is 16.3. The van der Waals surface area contributed by atoms with E-state index in [1.807, 2.05) is 19.1 Å². The molecule has 0 aromatic heterocycles. The van der Waals surface area contributed by atoms with Crippen molar-refractivity contribution in [1.29, 1.82) is 0 Å². The van der Waals surface area contributed by atoms with Crippen molar-refractivity contribution in [2.24, 2.45) is 0 Å². The van der Waals surface area contributed by atoms with Gasteiger partial charge < -0.3 is 24.8 Å². The summed E-state index contributed by atoms with van der Waals surface area (Å²) in [6.45, 7) is 4.19. The number of ether oxygens (including phenoxy) is 3. The molecule has 0 aliphatic carbocycles. The van der Waals surface area contributed by atoms with Crippen LogP contribution < -0.4 is 20.1 Å². The summed E-state index contributed by atoms with van der Waals surface area (Å²) in [5.74, 6) is 0.749. The molecule has 0 unspecified atom stereocenters. The Morgan fingerprint density at radius 1 is 1.38 bits per heavy atom. The molecule has 6 nitrogen and oxygen atoms in total. The van der Waals surface area contributed by atoms with Crippen LogP contribution in [0, 0.1) is 0 Å². The first-order valence-electron chi connectivity index (χ1n) is 7.29. The molecule has 0 radical (unpaired) electrons. The molecule has 0 amide bonds. The van der Waals surface area contributed by atoms with Gasteiger partial charge in [-0.25, -0.2) is 4.79 Å². The van der Waals surface area contributed by atoms with Gasteiger partial charge in [-0.2, -0.15) is 0 Å². The van der Waals surface area contributed by atoms with Crippen LogP contribution in [0.4, 0.5) is 0 Å². The standard InChI is InChI=1S/C16H19BrN2O4S/c1-5-23-14-10(17)6-9(7-11(14)21-3)13-12(15(20)22-4)8(2)18-16(24)19-13/h6-7,13H,5H2,1-4H3,(H2,18,19,24)/t13-/m1/s1. The summed E-state index contributed by atoms with van der Waals surface area (Å²) in [6.07, 6.45) is 0. The van der Waals surface area contributed by atoms with Crippen molar-refractivity contribution in [2.75, 3.05) is 20.8 Å². The van der Waals surface area contributed by atoms with Crippen molar-refractivity contribution in [3.8, 4) is 11.5 Å². The number of hydrogen-bond acceptors (Lipinski definition) is 5. The van der Waals surface area contributed by atoms with E-state index in [9.17, 15) is 4.79 Å². The first-order chi connectivity index (χ1) is 11.4. The monoisotopic (exact) mass is 414 g/mol. The molecule has 1 heterocycles. The molecule has 24 heavy (non-hydrogen) atoms. The lowest BCUT2D eigenvalue weighted by Crippen LogP contribution is -2.45. The summed E-state index contributed by atoms with van der Waals surface area (Å²) >= 11 is 8.72. The first kappa shape index (κ1) is 18.5. The molecular formula is C16H19BrN2O4S. The second-order valence-corrected chi connectivity index (χ2v) is 6.29. The van der Waals surface area contributed by atoms with Gasteiger partial charge in [0.15, 0.2) is 16.6 Å². The minimum Gasteiger partial charge on any atom is -0.493 e. The van der Waals surface area contributed by atoms with Gasteiger partial charge in [0, 0.05) is 5.70 Å². The molecule has 8 heteroatoms. The molecule has 0 saturated heterocycles. The molecule has 0 fully saturated rings. The van der Waals surface area contributed by atoms with Gasteiger partial charge in [-0.15, -0.1) is 0 Å². The Morgan fingerprint density at radius 2 is 2.08 bits per heavy atom. The second-order valence-electron chi connectivity index (χ2n) is 5.03. The molecule has 0 bridgehead atoms. The van der Waals surface area contributed by atoms with Crippen LogP contribution in [0.25, 0.3) is 0 Å². The SMILES string of the molecule is CCOc1c(Br)cc([C@H]2NC(=S)NC(C)=C2C(=O)OC)cc1OC. The first-order valence-corrected chi connectivity index (χ1v) is 8.49. The Labute approximate surface area is 154 Å². The number of halogens is 1. The van der Waals surface area contributed by atoms with Crippen LogP contribution in [0.3, 0.4) is 0 Å². The van der Waals surface area contributed by atoms with E-state index in [0.717, 1.165) is 10.0 Å². The highest BCUT2D eigenvalue weighted by molar-refractivity contribution is 9.10. The summed E-state index contributed by atoms with van der Waals surface area (Å²) in [4.78, 5) is 12.2. The van der Waals surface area contributed by atoms with Gasteiger partial charge >= 0.3 is 5.97 Å². The predicted molar refractivity (Wildman–Crippen MR) is 98.2 cm³/mol. The van der Waals surface area contributed by atoms with Crippen LogP contribution >= 0.6 is 28.1 Å². The third-order valence-electron chi connectivity index (χ3n) is 3.55. The lowest BCUT2D eigenvalue weighted by molar-refractivity contribution is -0.136. The largest absolute Gasteiger partial charge is 0.493 e. The fourth-order valence-electron chi connectivity index (χ4n) is 2.52. The number of methoxy groups -OCH3 is 2. The van der Waals surface area contributed by atoms with E-state index < -0.39 is 12.0 Å². The molecule has 0 spiro atoms. The van der Waals surface area contributed by atoms with E-state index in [4.69, 9.17) is 26.4 Å². The lowest BCUT2D eigenvalue weighted by Gasteiger charge is -2.30. The van der Waals surface area contributed by atoms with Gasteiger partial charge in [-0.05, 0) is 59.7 Å². The van der Waals surface area contributed by atoms with Gasteiger partial charge in [-0.3, -0.25) is 0 Å². The maximum atomic E-state index is 12.2. The molecule has 0 saturated carbocycles. The van der Waals surface area contributed by atoms with Crippen LogP contribution in [-0.2, 0) is 9.53 Å². The van der Waals surface area contributed by atoms with Crippen molar-refractivity contribution < 1.29 is 19.0 Å². The van der Waals surface area contributed by atoms with Gasteiger partial charge in [0.05, 0.1) is 36.9 Å². The summed E-state index contributed by atoms with van der Waals surface area (Å²) in [5.41, 5.74) is 1.91. The van der Waals surface area contributed by atoms with Gasteiger partial charge in [-0.1, -0.05) is 0 Å². The number of allylic oxidation sites excluding steroid dienone is 1. The number of thiocarbonyl (C=S) groups is 1. The molecule has 2 rings (SSSR count). The molecule has 1 aromatic rings. The normalized spacial score (nSPS) is 17.0. The summed E-state index contributed by atoms with van der Waals surface area (Å²) < 4.78 is 16.7.